The smallest absolute Gasteiger partial charge is 0.124 e. The van der Waals surface area contributed by atoms with Gasteiger partial charge in [-0.05, 0) is 58.8 Å². The number of halogens is 2. The van der Waals surface area contributed by atoms with E-state index in [4.69, 9.17) is 22.1 Å². The highest BCUT2D eigenvalue weighted by Gasteiger charge is 2.16. The molecule has 0 bridgehead atoms. The number of benzene rings is 2. The summed E-state index contributed by atoms with van der Waals surface area (Å²) in [5.74, 6) is 0.845. The molecule has 106 valence electrons. The van der Waals surface area contributed by atoms with E-state index in [1.165, 1.54) is 0 Å². The van der Waals surface area contributed by atoms with Crippen molar-refractivity contribution in [3.05, 3.63) is 62.2 Å². The van der Waals surface area contributed by atoms with Gasteiger partial charge in [0.05, 0.1) is 12.6 Å². The molecule has 0 aliphatic carbocycles. The molecule has 0 aromatic heterocycles. The Morgan fingerprint density at radius 2 is 1.95 bits per heavy atom. The molecule has 0 spiro atoms. The van der Waals surface area contributed by atoms with Crippen LogP contribution >= 0.6 is 34.2 Å². The van der Waals surface area contributed by atoms with E-state index in [0.717, 1.165) is 26.9 Å². The van der Waals surface area contributed by atoms with Gasteiger partial charge in [-0.2, -0.15) is 0 Å². The van der Waals surface area contributed by atoms with Crippen molar-refractivity contribution in [3.63, 3.8) is 0 Å². The predicted octanol–water partition coefficient (Wildman–Crippen LogP) is 4.78. The fraction of sp³-hybridized carbons (Fsp3) is 0.250. The van der Waals surface area contributed by atoms with Crippen LogP contribution < -0.4 is 10.5 Å². The molecule has 0 saturated heterocycles. The van der Waals surface area contributed by atoms with Gasteiger partial charge in [0.15, 0.2) is 0 Å². The van der Waals surface area contributed by atoms with Gasteiger partial charge in [-0.3, -0.25) is 0 Å². The van der Waals surface area contributed by atoms with E-state index in [1.54, 1.807) is 0 Å². The Morgan fingerprint density at radius 1 is 1.20 bits per heavy atom. The molecule has 4 heteroatoms. The molecule has 2 aromatic carbocycles. The number of hydrogen-bond donors (Lipinski definition) is 1. The minimum absolute atomic E-state index is 0.242. The largest absolute Gasteiger partial charge is 0.493 e. The fourth-order valence-electron chi connectivity index (χ4n) is 2.00. The number of rotatable bonds is 5. The van der Waals surface area contributed by atoms with Crippen molar-refractivity contribution in [3.8, 4) is 5.75 Å². The number of para-hydroxylation sites is 1. The lowest BCUT2D eigenvalue weighted by molar-refractivity contribution is 0.313. The molecular formula is C16H17ClINO. The predicted molar refractivity (Wildman–Crippen MR) is 92.4 cm³/mol. The van der Waals surface area contributed by atoms with Gasteiger partial charge in [-0.1, -0.05) is 36.7 Å². The number of ether oxygens (including phenoxy) is 1. The molecule has 2 nitrogen and oxygen atoms in total. The van der Waals surface area contributed by atoms with E-state index in [0.29, 0.717) is 11.6 Å². The fourth-order valence-corrected chi connectivity index (χ4v) is 2.85. The van der Waals surface area contributed by atoms with Crippen molar-refractivity contribution in [1.29, 1.82) is 0 Å². The molecule has 0 fully saturated rings. The first-order valence-electron chi connectivity index (χ1n) is 6.55. The van der Waals surface area contributed by atoms with E-state index < -0.39 is 0 Å². The van der Waals surface area contributed by atoms with E-state index in [1.807, 2.05) is 42.5 Å². The maximum atomic E-state index is 6.42. The lowest BCUT2D eigenvalue weighted by Crippen LogP contribution is -2.15. The van der Waals surface area contributed by atoms with Crippen LogP contribution in [0.25, 0.3) is 0 Å². The van der Waals surface area contributed by atoms with Crippen LogP contribution in [0.4, 0.5) is 0 Å². The van der Waals surface area contributed by atoms with Crippen molar-refractivity contribution in [2.75, 3.05) is 6.61 Å². The van der Waals surface area contributed by atoms with E-state index in [-0.39, 0.29) is 6.04 Å². The molecule has 0 heterocycles. The lowest BCUT2D eigenvalue weighted by Gasteiger charge is -2.18. The zero-order chi connectivity index (χ0) is 14.5. The maximum Gasteiger partial charge on any atom is 0.124 e. The van der Waals surface area contributed by atoms with Crippen LogP contribution in [-0.4, -0.2) is 6.61 Å². The van der Waals surface area contributed by atoms with Crippen LogP contribution in [-0.2, 0) is 0 Å². The standard InChI is InChI=1S/C16H17ClINO/c1-2-9-20-15-6-4-3-5-12(15)16(19)13-10-11(17)7-8-14(13)18/h3-8,10,16H,2,9,19H2,1H3. The minimum Gasteiger partial charge on any atom is -0.493 e. The van der Waals surface area contributed by atoms with Gasteiger partial charge in [-0.15, -0.1) is 0 Å². The van der Waals surface area contributed by atoms with E-state index >= 15 is 0 Å². The molecular weight excluding hydrogens is 385 g/mol. The highest BCUT2D eigenvalue weighted by molar-refractivity contribution is 14.1. The van der Waals surface area contributed by atoms with Crippen LogP contribution in [0.1, 0.15) is 30.5 Å². The zero-order valence-corrected chi connectivity index (χ0v) is 14.2. The zero-order valence-electron chi connectivity index (χ0n) is 11.3. The molecule has 1 unspecified atom stereocenters. The summed E-state index contributed by atoms with van der Waals surface area (Å²) in [4.78, 5) is 0. The Labute approximate surface area is 138 Å². The molecule has 2 rings (SSSR count). The molecule has 0 aliphatic rings. The normalized spacial score (nSPS) is 12.2. The van der Waals surface area contributed by atoms with Gasteiger partial charge >= 0.3 is 0 Å². The molecule has 0 amide bonds. The molecule has 1 atom stereocenters. The third-order valence-corrected chi connectivity index (χ3v) is 4.23. The third-order valence-electron chi connectivity index (χ3n) is 3.01. The van der Waals surface area contributed by atoms with E-state index in [2.05, 4.69) is 29.5 Å². The van der Waals surface area contributed by atoms with Gasteiger partial charge in [0.25, 0.3) is 0 Å². The summed E-state index contributed by atoms with van der Waals surface area (Å²) in [5, 5.41) is 0.697. The van der Waals surface area contributed by atoms with Crippen LogP contribution in [0.2, 0.25) is 5.02 Å². The van der Waals surface area contributed by atoms with Crippen LogP contribution in [0.15, 0.2) is 42.5 Å². The first kappa shape index (κ1) is 15.6. The summed E-state index contributed by atoms with van der Waals surface area (Å²) in [5.41, 5.74) is 8.42. The van der Waals surface area contributed by atoms with E-state index in [9.17, 15) is 0 Å². The molecule has 0 radical (unpaired) electrons. The summed E-state index contributed by atoms with van der Waals surface area (Å²) in [6.45, 7) is 2.78. The molecule has 0 aliphatic heterocycles. The lowest BCUT2D eigenvalue weighted by atomic mass is 9.99. The van der Waals surface area contributed by atoms with Gasteiger partial charge < -0.3 is 10.5 Å². The third kappa shape index (κ3) is 3.65. The first-order chi connectivity index (χ1) is 9.63. The van der Waals surface area contributed by atoms with Gasteiger partial charge in [0.1, 0.15) is 5.75 Å². The Morgan fingerprint density at radius 3 is 2.70 bits per heavy atom. The Balaban J connectivity index is 2.37. The van der Waals surface area contributed by atoms with Crippen LogP contribution in [0, 0.1) is 3.57 Å². The summed E-state index contributed by atoms with van der Waals surface area (Å²) in [6.07, 6.45) is 0.971. The summed E-state index contributed by atoms with van der Waals surface area (Å²) >= 11 is 8.36. The minimum atomic E-state index is -0.242. The topological polar surface area (TPSA) is 35.2 Å². The van der Waals surface area contributed by atoms with Crippen LogP contribution in [0.3, 0.4) is 0 Å². The quantitative estimate of drug-likeness (QED) is 0.732. The SMILES string of the molecule is CCCOc1ccccc1C(N)c1cc(Cl)ccc1I. The second-order valence-electron chi connectivity index (χ2n) is 4.53. The molecule has 0 saturated carbocycles. The monoisotopic (exact) mass is 401 g/mol. The van der Waals surface area contributed by atoms with Crippen molar-refractivity contribution in [2.24, 2.45) is 5.73 Å². The Hall–Kier alpha value is -0.780. The molecule has 20 heavy (non-hydrogen) atoms. The number of nitrogens with two attached hydrogens (primary N) is 1. The van der Waals surface area contributed by atoms with Crippen molar-refractivity contribution < 1.29 is 4.74 Å². The van der Waals surface area contributed by atoms with Crippen molar-refractivity contribution in [2.45, 2.75) is 19.4 Å². The Kier molecular flexibility index (Phi) is 5.69. The van der Waals surface area contributed by atoms with Crippen molar-refractivity contribution >= 4 is 34.2 Å². The van der Waals surface area contributed by atoms with Crippen molar-refractivity contribution in [1.82, 2.24) is 0 Å². The van der Waals surface area contributed by atoms with Gasteiger partial charge in [0, 0.05) is 14.2 Å². The van der Waals surface area contributed by atoms with Crippen LogP contribution in [0.5, 0.6) is 5.75 Å². The van der Waals surface area contributed by atoms with Gasteiger partial charge in [-0.25, -0.2) is 0 Å². The summed E-state index contributed by atoms with van der Waals surface area (Å²) in [7, 11) is 0. The summed E-state index contributed by atoms with van der Waals surface area (Å²) in [6, 6.07) is 13.4. The molecule has 2 N–H and O–H groups in total. The summed E-state index contributed by atoms with van der Waals surface area (Å²) < 4.78 is 6.89. The average Bonchev–Trinajstić information content (AvgIpc) is 2.47. The van der Waals surface area contributed by atoms with Gasteiger partial charge in [0.2, 0.25) is 0 Å². The highest BCUT2D eigenvalue weighted by atomic mass is 127. The Bertz CT molecular complexity index is 588. The second-order valence-corrected chi connectivity index (χ2v) is 6.13. The second kappa shape index (κ2) is 7.29. The molecule has 2 aromatic rings. The highest BCUT2D eigenvalue weighted by Crippen LogP contribution is 2.32. The average molecular weight is 402 g/mol. The maximum absolute atomic E-state index is 6.42. The number of hydrogen-bond acceptors (Lipinski definition) is 2. The first-order valence-corrected chi connectivity index (χ1v) is 8.01.